The molecule has 9 heteroatoms. The first-order valence-corrected chi connectivity index (χ1v) is 16.1. The summed E-state index contributed by atoms with van der Waals surface area (Å²) in [6.45, 7) is 5.55. The van der Waals surface area contributed by atoms with Crippen LogP contribution in [0.1, 0.15) is 66.8 Å². The minimum absolute atomic E-state index is 0.0158. The third-order valence-corrected chi connectivity index (χ3v) is 8.75. The van der Waals surface area contributed by atoms with E-state index in [4.69, 9.17) is 14.2 Å². The zero-order valence-corrected chi connectivity index (χ0v) is 26.5. The van der Waals surface area contributed by atoms with Crippen molar-refractivity contribution in [2.45, 2.75) is 75.7 Å². The predicted molar refractivity (Wildman–Crippen MR) is 177 cm³/mol. The van der Waals surface area contributed by atoms with Crippen LogP contribution in [-0.4, -0.2) is 60.4 Å². The Balaban J connectivity index is 1.31. The number of esters is 1. The number of rotatable bonds is 13. The molecule has 4 atom stereocenters. The molecule has 244 valence electrons. The second kappa shape index (κ2) is 16.5. The molecule has 1 heterocycles. The molecule has 1 aliphatic heterocycles. The van der Waals surface area contributed by atoms with E-state index in [1.807, 2.05) is 78.9 Å². The van der Waals surface area contributed by atoms with Crippen molar-refractivity contribution in [3.8, 4) is 0 Å². The van der Waals surface area contributed by atoms with Crippen LogP contribution in [0.5, 0.6) is 0 Å². The highest BCUT2D eigenvalue weighted by Crippen LogP contribution is 2.39. The van der Waals surface area contributed by atoms with Crippen LogP contribution in [0.15, 0.2) is 91.5 Å². The van der Waals surface area contributed by atoms with Gasteiger partial charge in [-0.25, -0.2) is 9.59 Å². The lowest BCUT2D eigenvalue weighted by Crippen LogP contribution is -2.45. The highest BCUT2D eigenvalue weighted by molar-refractivity contribution is 5.92. The molecule has 1 saturated carbocycles. The smallest absolute Gasteiger partial charge is 0.328 e. The van der Waals surface area contributed by atoms with Gasteiger partial charge in [0.15, 0.2) is 6.29 Å². The number of anilines is 1. The number of amides is 2. The molecular formula is C37H45N3O6. The average molecular weight is 628 g/mol. The molecule has 3 aromatic carbocycles. The fourth-order valence-corrected chi connectivity index (χ4v) is 6.38. The third-order valence-electron chi connectivity index (χ3n) is 8.75. The van der Waals surface area contributed by atoms with E-state index < -0.39 is 24.3 Å². The molecule has 2 aliphatic rings. The van der Waals surface area contributed by atoms with E-state index in [1.165, 1.54) is 32.8 Å². The van der Waals surface area contributed by atoms with Crippen LogP contribution in [0.3, 0.4) is 0 Å². The maximum Gasteiger partial charge on any atom is 0.328 e. The van der Waals surface area contributed by atoms with Crippen molar-refractivity contribution < 1.29 is 28.9 Å². The lowest BCUT2D eigenvalue weighted by Gasteiger charge is -2.39. The number of methoxy groups -OCH3 is 1. The first-order valence-electron chi connectivity index (χ1n) is 16.1. The standard InChI is InChI=1S/C37H45N3O6/c1-3-20-40(31-14-7-8-15-31)24-32-23-34(28-18-16-27(25-41)17-19-28)46-36(45-32)29-12-9-13-30(22-29)38-37(43)39-33(35(42)44-2)21-26-10-5-4-6-11-26/h3-6,9-13,16-19,22,31-34,36,41H,1,7-8,14-15,20-21,23-25H2,2H3,(H2,38,39,43)/t32-,33-,34+,36+/m0/s1. The number of benzene rings is 3. The first kappa shape index (κ1) is 33.3. The molecule has 1 aliphatic carbocycles. The summed E-state index contributed by atoms with van der Waals surface area (Å²) >= 11 is 0. The van der Waals surface area contributed by atoms with Crippen molar-refractivity contribution in [1.82, 2.24) is 10.2 Å². The van der Waals surface area contributed by atoms with Crippen LogP contribution in [0.4, 0.5) is 10.5 Å². The molecule has 0 aromatic heterocycles. The van der Waals surface area contributed by atoms with E-state index in [1.54, 1.807) is 6.07 Å². The summed E-state index contributed by atoms with van der Waals surface area (Å²) in [7, 11) is 1.31. The molecule has 2 fully saturated rings. The second-order valence-corrected chi connectivity index (χ2v) is 12.0. The Bertz CT molecular complexity index is 1430. The Morgan fingerprint density at radius 1 is 1.00 bits per heavy atom. The molecule has 0 radical (unpaired) electrons. The average Bonchev–Trinajstić information content (AvgIpc) is 3.63. The molecule has 5 rings (SSSR count). The van der Waals surface area contributed by atoms with Crippen LogP contribution < -0.4 is 10.6 Å². The van der Waals surface area contributed by atoms with Gasteiger partial charge in [-0.15, -0.1) is 6.58 Å². The number of nitrogens with zero attached hydrogens (tertiary/aromatic N) is 1. The summed E-state index contributed by atoms with van der Waals surface area (Å²) in [5.74, 6) is -0.524. The van der Waals surface area contributed by atoms with Crippen molar-refractivity contribution >= 4 is 17.7 Å². The Morgan fingerprint density at radius 3 is 2.46 bits per heavy atom. The quantitative estimate of drug-likeness (QED) is 0.156. The van der Waals surface area contributed by atoms with E-state index in [-0.39, 0.29) is 18.8 Å². The van der Waals surface area contributed by atoms with E-state index in [9.17, 15) is 14.7 Å². The maximum absolute atomic E-state index is 13.0. The highest BCUT2D eigenvalue weighted by atomic mass is 16.7. The summed E-state index contributed by atoms with van der Waals surface area (Å²) in [4.78, 5) is 28.0. The normalized spacial score (nSPS) is 20.6. The molecular weight excluding hydrogens is 582 g/mol. The van der Waals surface area contributed by atoms with Gasteiger partial charge in [-0.1, -0.05) is 85.6 Å². The minimum Gasteiger partial charge on any atom is -0.467 e. The van der Waals surface area contributed by atoms with Crippen molar-refractivity contribution in [2.75, 3.05) is 25.5 Å². The van der Waals surface area contributed by atoms with E-state index in [2.05, 4.69) is 22.1 Å². The molecule has 3 aromatic rings. The van der Waals surface area contributed by atoms with E-state index in [0.29, 0.717) is 24.6 Å². The summed E-state index contributed by atoms with van der Waals surface area (Å²) < 4.78 is 18.1. The van der Waals surface area contributed by atoms with Gasteiger partial charge in [-0.2, -0.15) is 0 Å². The topological polar surface area (TPSA) is 109 Å². The third kappa shape index (κ3) is 9.04. The monoisotopic (exact) mass is 627 g/mol. The van der Waals surface area contributed by atoms with E-state index >= 15 is 0 Å². The number of nitrogens with one attached hydrogen (secondary N) is 2. The van der Waals surface area contributed by atoms with Gasteiger partial charge in [-0.05, 0) is 41.7 Å². The molecule has 1 saturated heterocycles. The minimum atomic E-state index is -0.849. The summed E-state index contributed by atoms with van der Waals surface area (Å²) in [5, 5.41) is 15.2. The van der Waals surface area contributed by atoms with Gasteiger partial charge in [0, 0.05) is 43.2 Å². The molecule has 0 bridgehead atoms. The largest absolute Gasteiger partial charge is 0.467 e. The Hall–Kier alpha value is -4.02. The van der Waals surface area contributed by atoms with Crippen LogP contribution >= 0.6 is 0 Å². The first-order chi connectivity index (χ1) is 22.4. The summed E-state index contributed by atoms with van der Waals surface area (Å²) in [5.41, 5.74) is 4.08. The van der Waals surface area contributed by atoms with Crippen LogP contribution in [0.25, 0.3) is 0 Å². The second-order valence-electron chi connectivity index (χ2n) is 12.0. The van der Waals surface area contributed by atoms with Crippen molar-refractivity contribution in [3.05, 3.63) is 114 Å². The highest BCUT2D eigenvalue weighted by Gasteiger charge is 2.35. The Morgan fingerprint density at radius 2 is 1.76 bits per heavy atom. The van der Waals surface area contributed by atoms with Crippen LogP contribution in [0.2, 0.25) is 0 Å². The number of hydrogen-bond acceptors (Lipinski definition) is 7. The predicted octanol–water partition coefficient (Wildman–Crippen LogP) is 6.06. The molecule has 3 N–H and O–H groups in total. The van der Waals surface area contributed by atoms with Gasteiger partial charge < -0.3 is 30.0 Å². The lowest BCUT2D eigenvalue weighted by atomic mass is 9.99. The lowest BCUT2D eigenvalue weighted by molar-refractivity contribution is -0.253. The van der Waals surface area contributed by atoms with Crippen molar-refractivity contribution in [2.24, 2.45) is 0 Å². The maximum atomic E-state index is 13.0. The zero-order valence-electron chi connectivity index (χ0n) is 26.5. The van der Waals surface area contributed by atoms with Gasteiger partial charge in [0.25, 0.3) is 0 Å². The van der Waals surface area contributed by atoms with Gasteiger partial charge in [-0.3, -0.25) is 4.90 Å². The zero-order chi connectivity index (χ0) is 32.3. The fraction of sp³-hybridized carbons (Fsp3) is 0.405. The number of urea groups is 1. The van der Waals surface area contributed by atoms with Gasteiger partial charge in [0.2, 0.25) is 0 Å². The van der Waals surface area contributed by atoms with E-state index in [0.717, 1.165) is 35.3 Å². The number of aliphatic hydroxyl groups excluding tert-OH is 1. The SMILES string of the molecule is C=CCN(C[C@@H]1C[C@H](c2ccc(CO)cc2)O[C@H](c2cccc(NC(=O)N[C@@H](Cc3ccccc3)C(=O)OC)c2)O1)C1CCCC1. The summed E-state index contributed by atoms with van der Waals surface area (Å²) in [6, 6.07) is 23.8. The Kier molecular flexibility index (Phi) is 12.0. The molecule has 0 unspecified atom stereocenters. The number of hydrogen-bond donors (Lipinski definition) is 3. The van der Waals surface area contributed by atoms with Gasteiger partial charge >= 0.3 is 12.0 Å². The number of aliphatic hydroxyl groups is 1. The molecule has 9 nitrogen and oxygen atoms in total. The molecule has 2 amide bonds. The fourth-order valence-electron chi connectivity index (χ4n) is 6.38. The number of carbonyl (C=O) groups excluding carboxylic acids is 2. The van der Waals surface area contributed by atoms with Crippen molar-refractivity contribution in [1.29, 1.82) is 0 Å². The van der Waals surface area contributed by atoms with Gasteiger partial charge in [0.05, 0.1) is 25.9 Å². The Labute approximate surface area is 271 Å². The number of ether oxygens (including phenoxy) is 3. The molecule has 0 spiro atoms. The van der Waals surface area contributed by atoms with Crippen LogP contribution in [0, 0.1) is 0 Å². The summed E-state index contributed by atoms with van der Waals surface area (Å²) in [6.07, 6.45) is 6.83. The van der Waals surface area contributed by atoms with Gasteiger partial charge in [0.1, 0.15) is 6.04 Å². The van der Waals surface area contributed by atoms with Crippen LogP contribution in [-0.2, 0) is 32.0 Å². The van der Waals surface area contributed by atoms with Crippen molar-refractivity contribution in [3.63, 3.8) is 0 Å². The number of carbonyl (C=O) groups is 2. The molecule has 46 heavy (non-hydrogen) atoms.